The number of nitrogens with zero attached hydrogens (tertiary/aromatic N) is 1. The summed E-state index contributed by atoms with van der Waals surface area (Å²) in [5.41, 5.74) is 0. The number of carbonyl (C=O) groups excluding carboxylic acids is 1. The van der Waals surface area contributed by atoms with Gasteiger partial charge in [0.25, 0.3) is 0 Å². The maximum Gasteiger partial charge on any atom is 0.226 e. The molecule has 0 aromatic carbocycles. The SMILES string of the molecule is O=C(C1CC2C=CC1C2)N1CC(CO)C1. The van der Waals surface area contributed by atoms with Crippen LogP contribution < -0.4 is 0 Å². The van der Waals surface area contributed by atoms with Crippen LogP contribution in [0.2, 0.25) is 0 Å². The van der Waals surface area contributed by atoms with E-state index in [1.165, 1.54) is 6.42 Å². The quantitative estimate of drug-likeness (QED) is 0.675. The van der Waals surface area contributed by atoms with Gasteiger partial charge >= 0.3 is 0 Å². The first kappa shape index (κ1) is 9.40. The van der Waals surface area contributed by atoms with Crippen LogP contribution in [0.3, 0.4) is 0 Å². The lowest BCUT2D eigenvalue weighted by Crippen LogP contribution is -2.53. The summed E-state index contributed by atoms with van der Waals surface area (Å²) in [5, 5.41) is 8.91. The van der Waals surface area contributed by atoms with Gasteiger partial charge in [0.2, 0.25) is 5.91 Å². The number of likely N-dealkylation sites (tertiary alicyclic amines) is 1. The number of aliphatic hydroxyl groups is 1. The number of allylic oxidation sites excluding steroid dienone is 2. The van der Waals surface area contributed by atoms with E-state index in [0.717, 1.165) is 19.5 Å². The van der Waals surface area contributed by atoms with Crippen LogP contribution in [0.15, 0.2) is 12.2 Å². The molecule has 3 nitrogen and oxygen atoms in total. The summed E-state index contributed by atoms with van der Waals surface area (Å²) >= 11 is 0. The molecule has 3 heteroatoms. The Balaban J connectivity index is 1.60. The van der Waals surface area contributed by atoms with Crippen LogP contribution in [0.1, 0.15) is 12.8 Å². The van der Waals surface area contributed by atoms with E-state index in [1.54, 1.807) is 0 Å². The normalized spacial score (nSPS) is 38.5. The minimum absolute atomic E-state index is 0.223. The Morgan fingerprint density at radius 1 is 1.33 bits per heavy atom. The van der Waals surface area contributed by atoms with Crippen LogP contribution in [0.5, 0.6) is 0 Å². The zero-order valence-corrected chi connectivity index (χ0v) is 8.80. The number of hydrogen-bond acceptors (Lipinski definition) is 2. The molecule has 0 aromatic heterocycles. The van der Waals surface area contributed by atoms with E-state index in [9.17, 15) is 4.79 Å². The number of amides is 1. The van der Waals surface area contributed by atoms with Crippen LogP contribution in [0.25, 0.3) is 0 Å². The largest absolute Gasteiger partial charge is 0.396 e. The molecule has 1 heterocycles. The van der Waals surface area contributed by atoms with Crippen LogP contribution >= 0.6 is 0 Å². The average molecular weight is 207 g/mol. The molecule has 0 aromatic rings. The molecule has 1 amide bonds. The molecule has 1 saturated heterocycles. The van der Waals surface area contributed by atoms with Crippen LogP contribution in [-0.4, -0.2) is 35.6 Å². The van der Waals surface area contributed by atoms with Crippen LogP contribution in [-0.2, 0) is 4.79 Å². The molecule has 2 bridgehead atoms. The van der Waals surface area contributed by atoms with E-state index in [-0.39, 0.29) is 12.5 Å². The first-order valence-electron chi connectivity index (χ1n) is 5.86. The lowest BCUT2D eigenvalue weighted by molar-refractivity contribution is -0.143. The van der Waals surface area contributed by atoms with Gasteiger partial charge in [0.1, 0.15) is 0 Å². The Labute approximate surface area is 89.8 Å². The van der Waals surface area contributed by atoms with Gasteiger partial charge in [0.05, 0.1) is 0 Å². The van der Waals surface area contributed by atoms with Crippen molar-refractivity contribution in [1.29, 1.82) is 0 Å². The Kier molecular flexibility index (Phi) is 2.09. The van der Waals surface area contributed by atoms with Crippen molar-refractivity contribution >= 4 is 5.91 Å². The van der Waals surface area contributed by atoms with Gasteiger partial charge in [0.15, 0.2) is 0 Å². The first-order chi connectivity index (χ1) is 7.28. The standard InChI is InChI=1S/C12H17NO2/c14-7-9-5-13(6-9)12(15)11-4-8-1-2-10(11)3-8/h1-2,8-11,14H,3-7H2. The highest BCUT2D eigenvalue weighted by atomic mass is 16.3. The third-order valence-corrected chi connectivity index (χ3v) is 4.12. The second kappa shape index (κ2) is 3.34. The number of rotatable bonds is 2. The maximum atomic E-state index is 12.1. The summed E-state index contributed by atoms with van der Waals surface area (Å²) in [5.74, 6) is 2.09. The molecule has 82 valence electrons. The second-order valence-corrected chi connectivity index (χ2v) is 5.18. The van der Waals surface area contributed by atoms with Crippen LogP contribution in [0, 0.1) is 23.7 Å². The highest BCUT2D eigenvalue weighted by molar-refractivity contribution is 5.80. The fourth-order valence-electron chi connectivity index (χ4n) is 3.16. The molecule has 0 radical (unpaired) electrons. The van der Waals surface area contributed by atoms with Crippen molar-refractivity contribution < 1.29 is 9.90 Å². The topological polar surface area (TPSA) is 40.5 Å². The first-order valence-corrected chi connectivity index (χ1v) is 5.86. The summed E-state index contributed by atoms with van der Waals surface area (Å²) in [4.78, 5) is 14.0. The van der Waals surface area contributed by atoms with Gasteiger partial charge in [-0.15, -0.1) is 0 Å². The van der Waals surface area contributed by atoms with E-state index in [0.29, 0.717) is 23.7 Å². The fraction of sp³-hybridized carbons (Fsp3) is 0.750. The zero-order chi connectivity index (χ0) is 10.4. The molecule has 2 aliphatic carbocycles. The summed E-state index contributed by atoms with van der Waals surface area (Å²) in [6.45, 7) is 1.76. The number of fused-ring (bicyclic) bond motifs is 2. The lowest BCUT2D eigenvalue weighted by atomic mass is 9.89. The van der Waals surface area contributed by atoms with Crippen molar-refractivity contribution in [2.24, 2.45) is 23.7 Å². The van der Waals surface area contributed by atoms with E-state index in [4.69, 9.17) is 5.11 Å². The molecule has 2 fully saturated rings. The predicted octanol–water partition coefficient (Wildman–Crippen LogP) is 0.649. The van der Waals surface area contributed by atoms with Crippen molar-refractivity contribution in [3.05, 3.63) is 12.2 Å². The van der Waals surface area contributed by atoms with Gasteiger partial charge in [-0.3, -0.25) is 4.79 Å². The van der Waals surface area contributed by atoms with Gasteiger partial charge in [0, 0.05) is 31.5 Å². The highest BCUT2D eigenvalue weighted by Gasteiger charge is 2.43. The minimum atomic E-state index is 0.223. The zero-order valence-electron chi connectivity index (χ0n) is 8.80. The van der Waals surface area contributed by atoms with Crippen molar-refractivity contribution in [1.82, 2.24) is 4.90 Å². The number of carbonyl (C=O) groups is 1. The second-order valence-electron chi connectivity index (χ2n) is 5.18. The Morgan fingerprint density at radius 3 is 2.67 bits per heavy atom. The Bertz CT molecular complexity index is 307. The van der Waals surface area contributed by atoms with Gasteiger partial charge in [-0.2, -0.15) is 0 Å². The lowest BCUT2D eigenvalue weighted by Gasteiger charge is -2.40. The average Bonchev–Trinajstić information content (AvgIpc) is 2.76. The third-order valence-electron chi connectivity index (χ3n) is 4.12. The molecule has 0 spiro atoms. The summed E-state index contributed by atoms with van der Waals surface area (Å²) in [6, 6.07) is 0. The van der Waals surface area contributed by atoms with Gasteiger partial charge in [-0.25, -0.2) is 0 Å². The predicted molar refractivity (Wildman–Crippen MR) is 56.0 cm³/mol. The number of aliphatic hydroxyl groups excluding tert-OH is 1. The van der Waals surface area contributed by atoms with Crippen molar-refractivity contribution in [3.63, 3.8) is 0 Å². The maximum absolute atomic E-state index is 12.1. The molecule has 1 N–H and O–H groups in total. The highest BCUT2D eigenvalue weighted by Crippen LogP contribution is 2.44. The molecular weight excluding hydrogens is 190 g/mol. The van der Waals surface area contributed by atoms with Gasteiger partial charge in [-0.05, 0) is 24.7 Å². The third kappa shape index (κ3) is 1.41. The molecule has 1 saturated carbocycles. The summed E-state index contributed by atoms with van der Waals surface area (Å²) < 4.78 is 0. The van der Waals surface area contributed by atoms with E-state index in [1.807, 2.05) is 4.90 Å². The number of hydrogen-bond donors (Lipinski definition) is 1. The van der Waals surface area contributed by atoms with Crippen LogP contribution in [0.4, 0.5) is 0 Å². The Hall–Kier alpha value is -0.830. The molecule has 3 aliphatic rings. The van der Waals surface area contributed by atoms with Gasteiger partial charge < -0.3 is 10.0 Å². The van der Waals surface area contributed by atoms with E-state index < -0.39 is 0 Å². The molecule has 3 unspecified atom stereocenters. The van der Waals surface area contributed by atoms with E-state index >= 15 is 0 Å². The Morgan fingerprint density at radius 2 is 2.13 bits per heavy atom. The molecule has 15 heavy (non-hydrogen) atoms. The van der Waals surface area contributed by atoms with Crippen molar-refractivity contribution in [3.8, 4) is 0 Å². The van der Waals surface area contributed by atoms with Gasteiger partial charge in [-0.1, -0.05) is 12.2 Å². The smallest absolute Gasteiger partial charge is 0.226 e. The van der Waals surface area contributed by atoms with Crippen molar-refractivity contribution in [2.45, 2.75) is 12.8 Å². The fourth-order valence-corrected chi connectivity index (χ4v) is 3.16. The van der Waals surface area contributed by atoms with Crippen molar-refractivity contribution in [2.75, 3.05) is 19.7 Å². The monoisotopic (exact) mass is 207 g/mol. The minimum Gasteiger partial charge on any atom is -0.396 e. The molecule has 3 rings (SSSR count). The summed E-state index contributed by atoms with van der Waals surface area (Å²) in [6.07, 6.45) is 6.73. The summed E-state index contributed by atoms with van der Waals surface area (Å²) in [7, 11) is 0. The molecular formula is C12H17NO2. The molecule has 1 aliphatic heterocycles. The molecule has 3 atom stereocenters. The van der Waals surface area contributed by atoms with E-state index in [2.05, 4.69) is 12.2 Å².